The van der Waals surface area contributed by atoms with Gasteiger partial charge < -0.3 is 9.84 Å². The van der Waals surface area contributed by atoms with Gasteiger partial charge in [-0.25, -0.2) is 0 Å². The summed E-state index contributed by atoms with van der Waals surface area (Å²) in [5.74, 6) is -0.848. The van der Waals surface area contributed by atoms with Gasteiger partial charge in [-0.2, -0.15) is 0 Å². The minimum Gasteiger partial charge on any atom is -0.480 e. The van der Waals surface area contributed by atoms with Gasteiger partial charge in [-0.1, -0.05) is 0 Å². The lowest BCUT2D eigenvalue weighted by Crippen LogP contribution is -2.35. The van der Waals surface area contributed by atoms with E-state index >= 15 is 0 Å². The van der Waals surface area contributed by atoms with Gasteiger partial charge in [-0.15, -0.1) is 0 Å². The number of aliphatic carboxylic acids is 1. The van der Waals surface area contributed by atoms with Gasteiger partial charge in [0, 0.05) is 0 Å². The molecule has 0 amide bonds. The highest BCUT2D eigenvalue weighted by Crippen LogP contribution is 2.00. The molecule has 1 saturated heterocycles. The molecule has 9 heavy (non-hydrogen) atoms. The van der Waals surface area contributed by atoms with Crippen molar-refractivity contribution in [3.63, 3.8) is 0 Å². The molecular formula is C5H9NO3. The first-order chi connectivity index (χ1) is 4.20. The van der Waals surface area contributed by atoms with E-state index in [1.54, 1.807) is 6.92 Å². The maximum atomic E-state index is 10.2. The Morgan fingerprint density at radius 1 is 1.89 bits per heavy atom. The lowest BCUT2D eigenvalue weighted by Gasteiger charge is -2.01. The van der Waals surface area contributed by atoms with Gasteiger partial charge in [0.05, 0.1) is 6.61 Å². The van der Waals surface area contributed by atoms with E-state index in [9.17, 15) is 4.79 Å². The van der Waals surface area contributed by atoms with Crippen LogP contribution in [-0.4, -0.2) is 30.0 Å². The van der Waals surface area contributed by atoms with Crippen LogP contribution in [0.5, 0.6) is 0 Å². The van der Waals surface area contributed by atoms with E-state index < -0.39 is 12.0 Å². The third kappa shape index (κ3) is 1.40. The highest BCUT2D eigenvalue weighted by atomic mass is 16.5. The van der Waals surface area contributed by atoms with Gasteiger partial charge in [-0.3, -0.25) is 10.1 Å². The third-order valence-electron chi connectivity index (χ3n) is 1.25. The fourth-order valence-electron chi connectivity index (χ4n) is 0.763. The average molecular weight is 131 g/mol. The predicted molar refractivity (Wildman–Crippen MR) is 30.0 cm³/mol. The van der Waals surface area contributed by atoms with Crippen LogP contribution in [0, 0.1) is 0 Å². The molecule has 0 aromatic carbocycles. The van der Waals surface area contributed by atoms with Crippen molar-refractivity contribution in [3.05, 3.63) is 0 Å². The van der Waals surface area contributed by atoms with E-state index in [0.29, 0.717) is 0 Å². The monoisotopic (exact) mass is 131 g/mol. The smallest absolute Gasteiger partial charge is 0.323 e. The fraction of sp³-hybridized carbons (Fsp3) is 0.800. The number of carbonyl (C=O) groups is 1. The summed E-state index contributed by atoms with van der Waals surface area (Å²) in [4.78, 5) is 10.2. The molecule has 0 saturated carbocycles. The Morgan fingerprint density at radius 2 is 2.56 bits per heavy atom. The highest BCUT2D eigenvalue weighted by molar-refractivity contribution is 5.73. The quantitative estimate of drug-likeness (QED) is 0.499. The summed E-state index contributed by atoms with van der Waals surface area (Å²) in [5, 5.41) is 11.1. The van der Waals surface area contributed by atoms with E-state index in [4.69, 9.17) is 9.84 Å². The van der Waals surface area contributed by atoms with Crippen LogP contribution in [-0.2, 0) is 9.53 Å². The van der Waals surface area contributed by atoms with Gasteiger partial charge in [0.2, 0.25) is 0 Å². The number of carboxylic acids is 1. The molecule has 1 unspecified atom stereocenters. The number of hydrogen-bond donors (Lipinski definition) is 2. The lowest BCUT2D eigenvalue weighted by molar-refractivity contribution is -0.139. The Morgan fingerprint density at radius 3 is 2.78 bits per heavy atom. The second-order valence-corrected chi connectivity index (χ2v) is 2.03. The van der Waals surface area contributed by atoms with Crippen molar-refractivity contribution in [1.82, 2.24) is 5.32 Å². The first-order valence-corrected chi connectivity index (χ1v) is 2.80. The first-order valence-electron chi connectivity index (χ1n) is 2.80. The van der Waals surface area contributed by atoms with Crippen LogP contribution >= 0.6 is 0 Å². The molecule has 52 valence electrons. The predicted octanol–water partition coefficient (Wildman–Crippen LogP) is -0.595. The van der Waals surface area contributed by atoms with E-state index in [0.717, 1.165) is 0 Å². The van der Waals surface area contributed by atoms with Crippen LogP contribution in [0.15, 0.2) is 0 Å². The Bertz CT molecular complexity index is 125. The standard InChI is InChI=1S/C5H9NO3/c1-3-6-4(2-9-3)5(7)8/h3-4,6H,2H2,1H3,(H,7,8)/t3?,4-/m0/s1. The number of carboxylic acid groups (broad SMARTS) is 1. The Kier molecular flexibility index (Phi) is 1.68. The molecule has 1 heterocycles. The van der Waals surface area contributed by atoms with Gasteiger partial charge >= 0.3 is 5.97 Å². The molecule has 1 aliphatic rings. The molecule has 4 heteroatoms. The number of ether oxygens (including phenoxy) is 1. The summed E-state index contributed by atoms with van der Waals surface area (Å²) >= 11 is 0. The van der Waals surface area contributed by atoms with Crippen molar-refractivity contribution in [2.24, 2.45) is 0 Å². The normalized spacial score (nSPS) is 34.8. The zero-order chi connectivity index (χ0) is 6.85. The van der Waals surface area contributed by atoms with Crippen LogP contribution in [0.2, 0.25) is 0 Å². The Balaban J connectivity index is 2.39. The molecule has 0 aromatic rings. The largest absolute Gasteiger partial charge is 0.480 e. The molecule has 0 bridgehead atoms. The lowest BCUT2D eigenvalue weighted by atomic mass is 10.3. The minimum absolute atomic E-state index is 0.119. The van der Waals surface area contributed by atoms with E-state index in [2.05, 4.69) is 5.32 Å². The number of nitrogens with one attached hydrogen (secondary N) is 1. The zero-order valence-corrected chi connectivity index (χ0v) is 5.13. The van der Waals surface area contributed by atoms with Gasteiger partial charge in [0.1, 0.15) is 12.3 Å². The van der Waals surface area contributed by atoms with Crippen LogP contribution in [0.3, 0.4) is 0 Å². The van der Waals surface area contributed by atoms with Crippen molar-refractivity contribution in [3.8, 4) is 0 Å². The summed E-state index contributed by atoms with van der Waals surface area (Å²) in [6.45, 7) is 2.05. The third-order valence-corrected chi connectivity index (χ3v) is 1.25. The summed E-state index contributed by atoms with van der Waals surface area (Å²) in [6.07, 6.45) is -0.119. The van der Waals surface area contributed by atoms with Crippen LogP contribution in [0.4, 0.5) is 0 Å². The second-order valence-electron chi connectivity index (χ2n) is 2.03. The Labute approximate surface area is 52.8 Å². The van der Waals surface area contributed by atoms with Crippen molar-refractivity contribution in [1.29, 1.82) is 0 Å². The topological polar surface area (TPSA) is 58.6 Å². The Hall–Kier alpha value is -0.610. The molecule has 2 N–H and O–H groups in total. The minimum atomic E-state index is -0.848. The molecule has 2 atom stereocenters. The maximum absolute atomic E-state index is 10.2. The molecule has 1 aliphatic heterocycles. The number of rotatable bonds is 1. The summed E-state index contributed by atoms with van der Waals surface area (Å²) < 4.78 is 4.93. The van der Waals surface area contributed by atoms with Gasteiger partial charge in [0.15, 0.2) is 0 Å². The number of hydrogen-bond acceptors (Lipinski definition) is 3. The van der Waals surface area contributed by atoms with Crippen molar-refractivity contribution in [2.75, 3.05) is 6.61 Å². The molecule has 0 radical (unpaired) electrons. The molecule has 0 aliphatic carbocycles. The fourth-order valence-corrected chi connectivity index (χ4v) is 0.763. The molecule has 0 aromatic heterocycles. The van der Waals surface area contributed by atoms with Crippen molar-refractivity contribution in [2.45, 2.75) is 19.2 Å². The summed E-state index contributed by atoms with van der Waals surface area (Å²) in [6, 6.07) is -0.514. The second kappa shape index (κ2) is 2.33. The van der Waals surface area contributed by atoms with E-state index in [1.807, 2.05) is 0 Å². The molecule has 4 nitrogen and oxygen atoms in total. The zero-order valence-electron chi connectivity index (χ0n) is 5.13. The van der Waals surface area contributed by atoms with Crippen LogP contribution in [0.25, 0.3) is 0 Å². The first kappa shape index (κ1) is 6.51. The molecule has 1 fully saturated rings. The van der Waals surface area contributed by atoms with E-state index in [1.165, 1.54) is 0 Å². The van der Waals surface area contributed by atoms with Crippen molar-refractivity contribution < 1.29 is 14.6 Å². The summed E-state index contributed by atoms with van der Waals surface area (Å²) in [7, 11) is 0. The van der Waals surface area contributed by atoms with Crippen molar-refractivity contribution >= 4 is 5.97 Å². The van der Waals surface area contributed by atoms with Crippen LogP contribution < -0.4 is 5.32 Å². The molecule has 0 spiro atoms. The highest BCUT2D eigenvalue weighted by Gasteiger charge is 2.26. The molecule has 1 rings (SSSR count). The van der Waals surface area contributed by atoms with Crippen LogP contribution in [0.1, 0.15) is 6.92 Å². The van der Waals surface area contributed by atoms with Gasteiger partial charge in [-0.05, 0) is 6.92 Å². The maximum Gasteiger partial charge on any atom is 0.323 e. The molecular weight excluding hydrogens is 122 g/mol. The summed E-state index contributed by atoms with van der Waals surface area (Å²) in [5.41, 5.74) is 0. The van der Waals surface area contributed by atoms with Gasteiger partial charge in [0.25, 0.3) is 0 Å². The van der Waals surface area contributed by atoms with E-state index in [-0.39, 0.29) is 12.8 Å². The SMILES string of the molecule is CC1N[C@H](C(=O)O)CO1. The average Bonchev–Trinajstić information content (AvgIpc) is 2.14.